The van der Waals surface area contributed by atoms with Crippen molar-refractivity contribution in [1.82, 2.24) is 0 Å². The number of aromatic carboxylic acids is 1. The van der Waals surface area contributed by atoms with Crippen molar-refractivity contribution in [2.45, 2.75) is 6.54 Å². The number of benzene rings is 1. The fourth-order valence-electron chi connectivity index (χ4n) is 1.40. The molecule has 1 aromatic heterocycles. The Morgan fingerprint density at radius 1 is 1.41 bits per heavy atom. The van der Waals surface area contributed by atoms with Gasteiger partial charge in [0.05, 0.1) is 10.6 Å². The van der Waals surface area contributed by atoms with E-state index in [0.717, 1.165) is 5.69 Å². The number of carbonyl (C=O) groups is 1. The van der Waals surface area contributed by atoms with Gasteiger partial charge in [-0.15, -0.1) is 0 Å². The summed E-state index contributed by atoms with van der Waals surface area (Å²) in [4.78, 5) is 10.8. The van der Waals surface area contributed by atoms with Gasteiger partial charge in [-0.25, -0.2) is 4.79 Å². The maximum absolute atomic E-state index is 10.8. The molecule has 0 spiro atoms. The maximum Gasteiger partial charge on any atom is 0.337 e. The van der Waals surface area contributed by atoms with E-state index in [2.05, 4.69) is 10.7 Å². The highest BCUT2D eigenvalue weighted by Gasteiger charge is 2.08. The number of halogens is 1. The van der Waals surface area contributed by atoms with Crippen molar-refractivity contribution < 1.29 is 9.90 Å². The molecule has 0 amide bonds. The van der Waals surface area contributed by atoms with Crippen molar-refractivity contribution in [1.29, 1.82) is 0 Å². The van der Waals surface area contributed by atoms with E-state index in [9.17, 15) is 4.79 Å². The van der Waals surface area contributed by atoms with Crippen LogP contribution >= 0.6 is 22.9 Å². The summed E-state index contributed by atoms with van der Waals surface area (Å²) in [5.74, 6) is -1.01. The molecule has 1 heterocycles. The van der Waals surface area contributed by atoms with Crippen molar-refractivity contribution in [2.24, 2.45) is 0 Å². The minimum Gasteiger partial charge on any atom is -0.478 e. The Balaban J connectivity index is 2.07. The zero-order valence-electron chi connectivity index (χ0n) is 8.81. The van der Waals surface area contributed by atoms with Crippen LogP contribution in [-0.4, -0.2) is 11.1 Å². The van der Waals surface area contributed by atoms with E-state index in [1.54, 1.807) is 23.5 Å². The van der Waals surface area contributed by atoms with Gasteiger partial charge in [-0.1, -0.05) is 11.6 Å². The number of anilines is 1. The second-order valence-corrected chi connectivity index (χ2v) is 4.67. The second-order valence-electron chi connectivity index (χ2n) is 3.48. The van der Waals surface area contributed by atoms with Crippen LogP contribution in [0.1, 0.15) is 15.9 Å². The lowest BCUT2D eigenvalue weighted by atomic mass is 10.2. The van der Waals surface area contributed by atoms with Crippen LogP contribution in [0.4, 0.5) is 5.69 Å². The summed E-state index contributed by atoms with van der Waals surface area (Å²) in [6.07, 6.45) is 0. The maximum atomic E-state index is 10.8. The van der Waals surface area contributed by atoms with Crippen molar-refractivity contribution in [3.05, 3.63) is 51.2 Å². The van der Waals surface area contributed by atoms with Crippen molar-refractivity contribution in [3.8, 4) is 0 Å². The first-order chi connectivity index (χ1) is 8.16. The third kappa shape index (κ3) is 2.99. The Hall–Kier alpha value is -1.52. The first-order valence-corrected chi connectivity index (χ1v) is 6.26. The van der Waals surface area contributed by atoms with Gasteiger partial charge in [-0.3, -0.25) is 0 Å². The molecule has 2 rings (SSSR count). The molecule has 0 aliphatic heterocycles. The molecule has 0 saturated heterocycles. The molecule has 0 radical (unpaired) electrons. The average Bonchev–Trinajstić information content (AvgIpc) is 2.78. The van der Waals surface area contributed by atoms with Gasteiger partial charge < -0.3 is 10.4 Å². The molecule has 2 aromatic rings. The van der Waals surface area contributed by atoms with Crippen LogP contribution in [0.15, 0.2) is 35.0 Å². The fourth-order valence-corrected chi connectivity index (χ4v) is 2.33. The molecule has 2 N–H and O–H groups in total. The summed E-state index contributed by atoms with van der Waals surface area (Å²) in [5.41, 5.74) is 2.12. The third-order valence-electron chi connectivity index (χ3n) is 2.28. The number of nitrogens with one attached hydrogen (secondary N) is 1. The average molecular weight is 268 g/mol. The van der Waals surface area contributed by atoms with Gasteiger partial charge in [0.25, 0.3) is 0 Å². The lowest BCUT2D eigenvalue weighted by Gasteiger charge is -2.06. The van der Waals surface area contributed by atoms with Crippen LogP contribution in [0.5, 0.6) is 0 Å². The molecule has 0 aliphatic carbocycles. The molecule has 0 fully saturated rings. The van der Waals surface area contributed by atoms with Crippen molar-refractivity contribution in [3.63, 3.8) is 0 Å². The van der Waals surface area contributed by atoms with Gasteiger partial charge in [-0.05, 0) is 40.6 Å². The summed E-state index contributed by atoms with van der Waals surface area (Å²) >= 11 is 7.51. The Morgan fingerprint density at radius 2 is 2.24 bits per heavy atom. The zero-order chi connectivity index (χ0) is 12.3. The third-order valence-corrected chi connectivity index (χ3v) is 3.32. The van der Waals surface area contributed by atoms with E-state index in [1.165, 1.54) is 11.6 Å². The van der Waals surface area contributed by atoms with Crippen molar-refractivity contribution >= 4 is 34.6 Å². The minimum atomic E-state index is -1.01. The molecule has 17 heavy (non-hydrogen) atoms. The molecule has 5 heteroatoms. The molecule has 88 valence electrons. The van der Waals surface area contributed by atoms with Gasteiger partial charge in [0.2, 0.25) is 0 Å². The van der Waals surface area contributed by atoms with Crippen LogP contribution in [0.25, 0.3) is 0 Å². The number of carboxylic acids is 1. The Kier molecular flexibility index (Phi) is 3.66. The van der Waals surface area contributed by atoms with E-state index in [1.807, 2.05) is 11.4 Å². The minimum absolute atomic E-state index is 0.118. The molecule has 1 aromatic carbocycles. The van der Waals surface area contributed by atoms with E-state index >= 15 is 0 Å². The monoisotopic (exact) mass is 267 g/mol. The highest BCUT2D eigenvalue weighted by atomic mass is 35.5. The predicted molar refractivity (Wildman–Crippen MR) is 70.1 cm³/mol. The molecule has 0 bridgehead atoms. The topological polar surface area (TPSA) is 49.3 Å². The smallest absolute Gasteiger partial charge is 0.337 e. The quantitative estimate of drug-likeness (QED) is 0.888. The molecule has 3 nitrogen and oxygen atoms in total. The Labute approximate surface area is 108 Å². The number of hydrogen-bond donors (Lipinski definition) is 2. The largest absolute Gasteiger partial charge is 0.478 e. The first-order valence-electron chi connectivity index (χ1n) is 4.94. The Bertz CT molecular complexity index is 525. The molecule has 0 saturated carbocycles. The van der Waals surface area contributed by atoms with Crippen LogP contribution in [0.2, 0.25) is 5.02 Å². The van der Waals surface area contributed by atoms with Gasteiger partial charge in [-0.2, -0.15) is 11.3 Å². The van der Waals surface area contributed by atoms with E-state index in [0.29, 0.717) is 6.54 Å². The number of rotatable bonds is 4. The zero-order valence-corrected chi connectivity index (χ0v) is 10.4. The van der Waals surface area contributed by atoms with Crippen LogP contribution in [0, 0.1) is 0 Å². The summed E-state index contributed by atoms with van der Waals surface area (Å²) in [5, 5.41) is 16.3. The molecule has 0 aliphatic rings. The van der Waals surface area contributed by atoms with Crippen LogP contribution < -0.4 is 5.32 Å². The summed E-state index contributed by atoms with van der Waals surface area (Å²) in [7, 11) is 0. The highest BCUT2D eigenvalue weighted by Crippen LogP contribution is 2.21. The first kappa shape index (κ1) is 12.0. The predicted octanol–water partition coefficient (Wildman–Crippen LogP) is 3.71. The van der Waals surface area contributed by atoms with Gasteiger partial charge in [0.1, 0.15) is 0 Å². The Morgan fingerprint density at radius 3 is 2.82 bits per heavy atom. The number of hydrogen-bond acceptors (Lipinski definition) is 3. The van der Waals surface area contributed by atoms with E-state index in [-0.39, 0.29) is 10.6 Å². The standard InChI is InChI=1S/C12H10ClNO2S/c13-11-5-9(1-2-10(11)12(15)16)14-6-8-3-4-17-7-8/h1-5,7,14H,6H2,(H,15,16). The van der Waals surface area contributed by atoms with Gasteiger partial charge in [0.15, 0.2) is 0 Å². The molecule has 0 unspecified atom stereocenters. The van der Waals surface area contributed by atoms with Crippen LogP contribution in [0.3, 0.4) is 0 Å². The lowest BCUT2D eigenvalue weighted by molar-refractivity contribution is 0.0697. The van der Waals surface area contributed by atoms with Crippen LogP contribution in [-0.2, 0) is 6.54 Å². The van der Waals surface area contributed by atoms with Gasteiger partial charge in [0, 0.05) is 12.2 Å². The fraction of sp³-hybridized carbons (Fsp3) is 0.0833. The number of thiophene rings is 1. The lowest BCUT2D eigenvalue weighted by Crippen LogP contribution is -2.01. The summed E-state index contributed by atoms with van der Waals surface area (Å²) in [6.45, 7) is 0.701. The molecule has 0 atom stereocenters. The molecular weight excluding hydrogens is 258 g/mol. The normalized spacial score (nSPS) is 10.2. The highest BCUT2D eigenvalue weighted by molar-refractivity contribution is 7.07. The van der Waals surface area contributed by atoms with E-state index in [4.69, 9.17) is 16.7 Å². The number of carboxylic acid groups (broad SMARTS) is 1. The summed E-state index contributed by atoms with van der Waals surface area (Å²) < 4.78 is 0. The van der Waals surface area contributed by atoms with E-state index < -0.39 is 5.97 Å². The SMILES string of the molecule is O=C(O)c1ccc(NCc2ccsc2)cc1Cl. The van der Waals surface area contributed by atoms with Gasteiger partial charge >= 0.3 is 5.97 Å². The summed E-state index contributed by atoms with van der Waals surface area (Å²) in [6, 6.07) is 6.87. The second kappa shape index (κ2) is 5.21. The molecular formula is C12H10ClNO2S. The van der Waals surface area contributed by atoms with Crippen molar-refractivity contribution in [2.75, 3.05) is 5.32 Å².